The van der Waals surface area contributed by atoms with Crippen molar-refractivity contribution in [3.63, 3.8) is 0 Å². The van der Waals surface area contributed by atoms with Gasteiger partial charge in [0, 0.05) is 12.6 Å². The minimum absolute atomic E-state index is 0.625. The summed E-state index contributed by atoms with van der Waals surface area (Å²) in [7, 11) is 6.78. The first-order valence-electron chi connectivity index (χ1n) is 10.7. The summed E-state index contributed by atoms with van der Waals surface area (Å²) in [4.78, 5) is 2.66. The molecule has 1 saturated heterocycles. The molecule has 5 nitrogen and oxygen atoms in total. The van der Waals surface area contributed by atoms with Crippen LogP contribution in [0.15, 0.2) is 24.3 Å². The second-order valence-corrected chi connectivity index (χ2v) is 8.29. The van der Waals surface area contributed by atoms with E-state index in [2.05, 4.69) is 29.2 Å². The third kappa shape index (κ3) is 2.87. The quantitative estimate of drug-likeness (QED) is 0.573. The molecular weight excluding hydrogens is 378 g/mol. The molecule has 2 aliphatic rings. The predicted molar refractivity (Wildman–Crippen MR) is 119 cm³/mol. The summed E-state index contributed by atoms with van der Waals surface area (Å²) in [5.41, 5.74) is 2.85. The number of methoxy groups -OCH3 is 4. The Morgan fingerprint density at radius 2 is 1.17 bits per heavy atom. The standard InChI is InChI=1S/C25H29NO4/c1-27-22-10-17-16-9-15-7-5-6-8-26(15)14-21(16)20-13-25(30-4)24(29-3)12-19(20)18(17)11-23(22)28-2/h10-13,15H,5-9,14H2,1-4H3/t15-/m1/s1. The minimum Gasteiger partial charge on any atom is -0.493 e. The van der Waals surface area contributed by atoms with Crippen LogP contribution in [0.1, 0.15) is 30.4 Å². The molecule has 3 aromatic rings. The molecule has 3 aromatic carbocycles. The zero-order chi connectivity index (χ0) is 20.8. The Morgan fingerprint density at radius 3 is 1.70 bits per heavy atom. The number of benzene rings is 3. The molecular formula is C25H29NO4. The SMILES string of the molecule is COc1cc2c3c(c4cc(OC)c(OC)cc4c2cc1OC)CN1CCCC[C@@H]1C3. The number of piperidine rings is 1. The maximum Gasteiger partial charge on any atom is 0.161 e. The Kier molecular flexibility index (Phi) is 4.86. The first-order chi connectivity index (χ1) is 14.7. The van der Waals surface area contributed by atoms with Crippen molar-refractivity contribution < 1.29 is 18.9 Å². The topological polar surface area (TPSA) is 40.2 Å². The lowest BCUT2D eigenvalue weighted by atomic mass is 9.82. The Hall–Kier alpha value is -2.66. The van der Waals surface area contributed by atoms with Crippen molar-refractivity contribution in [2.75, 3.05) is 35.0 Å². The van der Waals surface area contributed by atoms with Gasteiger partial charge in [0.25, 0.3) is 0 Å². The van der Waals surface area contributed by atoms with E-state index in [-0.39, 0.29) is 0 Å². The molecule has 0 radical (unpaired) electrons. The average Bonchev–Trinajstić information content (AvgIpc) is 2.81. The van der Waals surface area contributed by atoms with E-state index in [1.54, 1.807) is 28.4 Å². The molecule has 0 N–H and O–H groups in total. The van der Waals surface area contributed by atoms with Crippen molar-refractivity contribution in [1.82, 2.24) is 4.90 Å². The first kappa shape index (κ1) is 19.3. The fourth-order valence-corrected chi connectivity index (χ4v) is 5.38. The molecule has 5 rings (SSSR count). The molecule has 2 heterocycles. The molecule has 0 aromatic heterocycles. The molecule has 0 amide bonds. The van der Waals surface area contributed by atoms with E-state index in [9.17, 15) is 0 Å². The zero-order valence-electron chi connectivity index (χ0n) is 18.2. The summed E-state index contributed by atoms with van der Waals surface area (Å²) in [5.74, 6) is 3.04. The lowest BCUT2D eigenvalue weighted by Gasteiger charge is -2.41. The van der Waals surface area contributed by atoms with Gasteiger partial charge in [0.2, 0.25) is 0 Å². The highest BCUT2D eigenvalue weighted by Gasteiger charge is 2.31. The van der Waals surface area contributed by atoms with E-state index in [0.717, 1.165) is 41.3 Å². The molecule has 0 aliphatic carbocycles. The number of fused-ring (bicyclic) bond motifs is 7. The van der Waals surface area contributed by atoms with Gasteiger partial charge in [-0.3, -0.25) is 4.90 Å². The third-order valence-corrected chi connectivity index (χ3v) is 6.90. The summed E-state index contributed by atoms with van der Waals surface area (Å²) in [6.45, 7) is 2.17. The van der Waals surface area contributed by atoms with Crippen molar-refractivity contribution in [2.24, 2.45) is 0 Å². The van der Waals surface area contributed by atoms with Crippen LogP contribution in [0.5, 0.6) is 23.0 Å². The van der Waals surface area contributed by atoms with Crippen molar-refractivity contribution in [2.45, 2.75) is 38.3 Å². The predicted octanol–water partition coefficient (Wildman–Crippen LogP) is 4.94. The fourth-order valence-electron chi connectivity index (χ4n) is 5.38. The molecule has 0 saturated carbocycles. The normalized spacial score (nSPS) is 18.7. The third-order valence-electron chi connectivity index (χ3n) is 6.90. The van der Waals surface area contributed by atoms with Gasteiger partial charge < -0.3 is 18.9 Å². The average molecular weight is 408 g/mol. The highest BCUT2D eigenvalue weighted by molar-refractivity contribution is 6.12. The van der Waals surface area contributed by atoms with Crippen molar-refractivity contribution in [3.05, 3.63) is 35.4 Å². The van der Waals surface area contributed by atoms with Crippen LogP contribution in [0.25, 0.3) is 21.5 Å². The van der Waals surface area contributed by atoms with Gasteiger partial charge in [-0.2, -0.15) is 0 Å². The van der Waals surface area contributed by atoms with Crippen LogP contribution in [0.2, 0.25) is 0 Å². The van der Waals surface area contributed by atoms with E-state index >= 15 is 0 Å². The highest BCUT2D eigenvalue weighted by atomic mass is 16.5. The van der Waals surface area contributed by atoms with E-state index in [0.29, 0.717) is 6.04 Å². The molecule has 5 heteroatoms. The van der Waals surface area contributed by atoms with Crippen LogP contribution in [0.3, 0.4) is 0 Å². The van der Waals surface area contributed by atoms with Crippen molar-refractivity contribution in [1.29, 1.82) is 0 Å². The van der Waals surface area contributed by atoms with Crippen LogP contribution in [0.4, 0.5) is 0 Å². The summed E-state index contributed by atoms with van der Waals surface area (Å²) >= 11 is 0. The summed E-state index contributed by atoms with van der Waals surface area (Å²) in [5, 5.41) is 4.84. The maximum absolute atomic E-state index is 5.66. The van der Waals surface area contributed by atoms with Crippen LogP contribution in [-0.4, -0.2) is 45.9 Å². The van der Waals surface area contributed by atoms with Gasteiger partial charge in [-0.25, -0.2) is 0 Å². The second kappa shape index (κ2) is 7.55. The minimum atomic E-state index is 0.625. The van der Waals surface area contributed by atoms with Crippen LogP contribution >= 0.6 is 0 Å². The molecule has 1 fully saturated rings. The van der Waals surface area contributed by atoms with Crippen LogP contribution in [-0.2, 0) is 13.0 Å². The van der Waals surface area contributed by atoms with Gasteiger partial charge in [0.15, 0.2) is 23.0 Å². The van der Waals surface area contributed by atoms with Gasteiger partial charge >= 0.3 is 0 Å². The van der Waals surface area contributed by atoms with Crippen LogP contribution in [0, 0.1) is 0 Å². The van der Waals surface area contributed by atoms with Gasteiger partial charge in [-0.15, -0.1) is 0 Å². The number of ether oxygens (including phenoxy) is 4. The summed E-state index contributed by atoms with van der Waals surface area (Å²) < 4.78 is 22.6. The van der Waals surface area contributed by atoms with Crippen LogP contribution < -0.4 is 18.9 Å². The Bertz CT molecular complexity index is 1040. The molecule has 30 heavy (non-hydrogen) atoms. The number of nitrogens with zero attached hydrogens (tertiary/aromatic N) is 1. The molecule has 1 atom stereocenters. The maximum atomic E-state index is 5.66. The zero-order valence-corrected chi connectivity index (χ0v) is 18.2. The second-order valence-electron chi connectivity index (χ2n) is 8.29. The highest BCUT2D eigenvalue weighted by Crippen LogP contribution is 2.45. The molecule has 0 bridgehead atoms. The van der Waals surface area contributed by atoms with Crippen molar-refractivity contribution in [3.8, 4) is 23.0 Å². The van der Waals surface area contributed by atoms with E-state index in [4.69, 9.17) is 18.9 Å². The van der Waals surface area contributed by atoms with Crippen molar-refractivity contribution >= 4 is 21.5 Å². The number of hydrogen-bond acceptors (Lipinski definition) is 5. The summed E-state index contributed by atoms with van der Waals surface area (Å²) in [6, 6.07) is 9.14. The Labute approximate surface area is 177 Å². The first-order valence-corrected chi connectivity index (χ1v) is 10.7. The monoisotopic (exact) mass is 407 g/mol. The van der Waals surface area contributed by atoms with E-state index in [1.165, 1.54) is 53.1 Å². The van der Waals surface area contributed by atoms with Gasteiger partial charge in [0.1, 0.15) is 0 Å². The summed E-state index contributed by atoms with van der Waals surface area (Å²) in [6.07, 6.45) is 4.97. The number of rotatable bonds is 4. The molecule has 158 valence electrons. The smallest absolute Gasteiger partial charge is 0.161 e. The fraction of sp³-hybridized carbons (Fsp3) is 0.440. The molecule has 2 aliphatic heterocycles. The largest absolute Gasteiger partial charge is 0.493 e. The Morgan fingerprint density at radius 1 is 0.667 bits per heavy atom. The lowest BCUT2D eigenvalue weighted by molar-refractivity contribution is 0.128. The van der Waals surface area contributed by atoms with Gasteiger partial charge in [-0.1, -0.05) is 6.42 Å². The van der Waals surface area contributed by atoms with E-state index in [1.807, 2.05) is 0 Å². The number of hydrogen-bond donors (Lipinski definition) is 0. The van der Waals surface area contributed by atoms with Gasteiger partial charge in [0.05, 0.1) is 28.4 Å². The van der Waals surface area contributed by atoms with Gasteiger partial charge in [-0.05, 0) is 82.7 Å². The Balaban J connectivity index is 1.88. The van der Waals surface area contributed by atoms with E-state index < -0.39 is 0 Å². The lowest BCUT2D eigenvalue weighted by Crippen LogP contribution is -2.43. The molecule has 0 unspecified atom stereocenters. The molecule has 0 spiro atoms.